The second-order valence-corrected chi connectivity index (χ2v) is 6.75. The zero-order valence-electron chi connectivity index (χ0n) is 13.7. The molecule has 2 rings (SSSR count). The molecule has 0 unspecified atom stereocenters. The van der Waals surface area contributed by atoms with Crippen molar-refractivity contribution in [3.05, 3.63) is 53.1 Å². The number of alkyl halides is 2. The summed E-state index contributed by atoms with van der Waals surface area (Å²) in [6.07, 6.45) is -0.679. The Labute approximate surface area is 169 Å². The van der Waals surface area contributed by atoms with Crippen molar-refractivity contribution in [1.29, 1.82) is 0 Å². The third-order valence-corrected chi connectivity index (χ3v) is 3.49. The summed E-state index contributed by atoms with van der Waals surface area (Å²) in [5, 5.41) is 2.66. The molecule has 2 aromatic rings. The van der Waals surface area contributed by atoms with E-state index in [4.69, 9.17) is 49.0 Å². The summed E-state index contributed by atoms with van der Waals surface area (Å²) >= 11 is 17.0. The molecule has 1 N–H and O–H groups in total. The highest BCUT2D eigenvalue weighted by atomic mass is 35.5. The second kappa shape index (κ2) is 10.4. The summed E-state index contributed by atoms with van der Waals surface area (Å²) in [5.41, 5.74) is 0. The highest BCUT2D eigenvalue weighted by molar-refractivity contribution is 6.44. The normalized spacial score (nSPS) is 10.6. The van der Waals surface area contributed by atoms with Crippen molar-refractivity contribution in [2.75, 3.05) is 19.8 Å². The first-order valence-electron chi connectivity index (χ1n) is 7.58. The van der Waals surface area contributed by atoms with Crippen LogP contribution in [-0.4, -0.2) is 30.7 Å². The summed E-state index contributed by atoms with van der Waals surface area (Å²) in [6, 6.07) is 7.31. The first kappa shape index (κ1) is 21.3. The lowest BCUT2D eigenvalue weighted by Crippen LogP contribution is -2.29. The number of nitrogens with one attached hydrogen (secondary N) is 1. The third kappa shape index (κ3) is 7.66. The predicted octanol–water partition coefficient (Wildman–Crippen LogP) is 5.32. The maximum atomic E-state index is 13.2. The molecule has 0 atom stereocenters. The Kier molecular flexibility index (Phi) is 8.22. The second-order valence-electron chi connectivity index (χ2n) is 5.06. The fourth-order valence-corrected chi connectivity index (χ4v) is 2.24. The number of hydrogen-bond acceptors (Lipinski definition) is 4. The average Bonchev–Trinajstić information content (AvgIpc) is 2.57. The van der Waals surface area contributed by atoms with Gasteiger partial charge in [-0.25, -0.2) is 13.6 Å². The van der Waals surface area contributed by atoms with Crippen LogP contribution in [0.3, 0.4) is 0 Å². The molecule has 0 aliphatic carbocycles. The van der Waals surface area contributed by atoms with E-state index in [0.29, 0.717) is 5.75 Å². The monoisotopic (exact) mass is 439 g/mol. The molecule has 0 aliphatic rings. The number of carbonyl (C=O) groups excluding carboxylic acids is 1. The van der Waals surface area contributed by atoms with Gasteiger partial charge in [-0.15, -0.1) is 23.2 Å². The topological polar surface area (TPSA) is 56.8 Å². The molecular weight excluding hydrogens is 427 g/mol. The van der Waals surface area contributed by atoms with Gasteiger partial charge in [0.15, 0.2) is 0 Å². The van der Waals surface area contributed by atoms with Crippen molar-refractivity contribution >= 4 is 40.9 Å². The van der Waals surface area contributed by atoms with E-state index in [9.17, 15) is 13.6 Å². The molecule has 0 radical (unpaired) electrons. The summed E-state index contributed by atoms with van der Waals surface area (Å²) in [4.78, 5) is 10.5. The Morgan fingerprint density at radius 2 is 1.78 bits per heavy atom. The Hall–Kier alpha value is -1.96. The van der Waals surface area contributed by atoms with Gasteiger partial charge in [0.2, 0.25) is 0 Å². The van der Waals surface area contributed by atoms with Gasteiger partial charge < -0.3 is 19.5 Å². The molecule has 0 aliphatic heterocycles. The lowest BCUT2D eigenvalue weighted by atomic mass is 10.3. The zero-order chi connectivity index (χ0) is 19.8. The Morgan fingerprint density at radius 3 is 2.41 bits per heavy atom. The molecule has 0 bridgehead atoms. The molecule has 0 saturated heterocycles. The molecule has 1 amide bonds. The molecular formula is C17H14Cl3F2NO4. The lowest BCUT2D eigenvalue weighted by molar-refractivity contribution is 0.148. The largest absolute Gasteiger partial charge is 0.490 e. The smallest absolute Gasteiger partial charge is 0.407 e. The average molecular weight is 441 g/mol. The molecule has 0 spiro atoms. The van der Waals surface area contributed by atoms with Crippen molar-refractivity contribution in [2.45, 2.75) is 4.84 Å². The van der Waals surface area contributed by atoms with Crippen LogP contribution in [0.1, 0.15) is 0 Å². The molecule has 0 aromatic heterocycles. The summed E-state index contributed by atoms with van der Waals surface area (Å²) < 4.78 is 41.8. The van der Waals surface area contributed by atoms with E-state index >= 15 is 0 Å². The van der Waals surface area contributed by atoms with Gasteiger partial charge in [0.05, 0.1) is 11.6 Å². The summed E-state index contributed by atoms with van der Waals surface area (Å²) in [6.45, 7) is 0.152. The van der Waals surface area contributed by atoms with Crippen LogP contribution in [0.25, 0.3) is 0 Å². The number of rotatable bonds is 8. The third-order valence-electron chi connectivity index (χ3n) is 2.94. The van der Waals surface area contributed by atoms with E-state index in [2.05, 4.69) is 5.32 Å². The highest BCUT2D eigenvalue weighted by Gasteiger charge is 2.08. The van der Waals surface area contributed by atoms with Gasteiger partial charge in [-0.1, -0.05) is 11.6 Å². The van der Waals surface area contributed by atoms with Crippen molar-refractivity contribution in [3.63, 3.8) is 0 Å². The standard InChI is InChI=1S/C17H14Cl3F2NO4/c18-14-8-12(27-13-6-10(21)5-11(22)7-13)1-2-15(14)25-4-3-23-17(24)26-9-16(19)20/h1-2,5-8,16H,3-4,9H2,(H,23,24). The molecule has 146 valence electrons. The first-order valence-corrected chi connectivity index (χ1v) is 8.83. The maximum Gasteiger partial charge on any atom is 0.407 e. The lowest BCUT2D eigenvalue weighted by Gasteiger charge is -2.11. The summed E-state index contributed by atoms with van der Waals surface area (Å²) in [5.74, 6) is -0.901. The number of halogens is 5. The molecule has 2 aromatic carbocycles. The number of carbonyl (C=O) groups is 1. The minimum atomic E-state index is -0.796. The van der Waals surface area contributed by atoms with E-state index in [1.165, 1.54) is 18.2 Å². The molecule has 0 fully saturated rings. The minimum absolute atomic E-state index is 0.00363. The summed E-state index contributed by atoms with van der Waals surface area (Å²) in [7, 11) is 0. The first-order chi connectivity index (χ1) is 12.8. The van der Waals surface area contributed by atoms with Crippen LogP contribution >= 0.6 is 34.8 Å². The van der Waals surface area contributed by atoms with Gasteiger partial charge in [-0.05, 0) is 12.1 Å². The van der Waals surface area contributed by atoms with Crippen molar-refractivity contribution in [3.8, 4) is 17.2 Å². The predicted molar refractivity (Wildman–Crippen MR) is 98.2 cm³/mol. The van der Waals surface area contributed by atoms with Gasteiger partial charge in [0, 0.05) is 24.3 Å². The van der Waals surface area contributed by atoms with E-state index in [-0.39, 0.29) is 36.3 Å². The van der Waals surface area contributed by atoms with E-state index in [1.807, 2.05) is 0 Å². The van der Waals surface area contributed by atoms with Crippen LogP contribution in [0.5, 0.6) is 17.2 Å². The van der Waals surface area contributed by atoms with Crippen LogP contribution in [0.15, 0.2) is 36.4 Å². The van der Waals surface area contributed by atoms with Crippen molar-refractivity contribution in [2.24, 2.45) is 0 Å². The zero-order valence-corrected chi connectivity index (χ0v) is 16.0. The van der Waals surface area contributed by atoms with Crippen LogP contribution in [0.4, 0.5) is 13.6 Å². The highest BCUT2D eigenvalue weighted by Crippen LogP contribution is 2.31. The number of hydrogen-bond donors (Lipinski definition) is 1. The fraction of sp³-hybridized carbons (Fsp3) is 0.235. The van der Waals surface area contributed by atoms with Crippen LogP contribution < -0.4 is 14.8 Å². The van der Waals surface area contributed by atoms with Gasteiger partial charge in [0.1, 0.15) is 46.9 Å². The van der Waals surface area contributed by atoms with Gasteiger partial charge in [-0.3, -0.25) is 0 Å². The molecule has 10 heteroatoms. The molecule has 27 heavy (non-hydrogen) atoms. The van der Waals surface area contributed by atoms with Crippen molar-refractivity contribution in [1.82, 2.24) is 5.32 Å². The SMILES string of the molecule is O=C(NCCOc1ccc(Oc2cc(F)cc(F)c2)cc1Cl)OCC(Cl)Cl. The molecule has 0 saturated carbocycles. The number of benzene rings is 2. The Balaban J connectivity index is 1.83. The quantitative estimate of drug-likeness (QED) is 0.446. The number of alkyl carbamates (subject to hydrolysis) is 1. The number of ether oxygens (including phenoxy) is 3. The minimum Gasteiger partial charge on any atom is -0.490 e. The molecule has 5 nitrogen and oxygen atoms in total. The maximum absolute atomic E-state index is 13.2. The van der Waals surface area contributed by atoms with Gasteiger partial charge in [-0.2, -0.15) is 0 Å². The Bertz CT molecular complexity index is 773. The fourth-order valence-electron chi connectivity index (χ4n) is 1.89. The van der Waals surface area contributed by atoms with E-state index < -0.39 is 22.6 Å². The van der Waals surface area contributed by atoms with Gasteiger partial charge in [0.25, 0.3) is 0 Å². The van der Waals surface area contributed by atoms with E-state index in [0.717, 1.165) is 18.2 Å². The van der Waals surface area contributed by atoms with Crippen LogP contribution in [0, 0.1) is 11.6 Å². The molecule has 0 heterocycles. The number of amides is 1. The van der Waals surface area contributed by atoms with Crippen LogP contribution in [0.2, 0.25) is 5.02 Å². The van der Waals surface area contributed by atoms with Gasteiger partial charge >= 0.3 is 6.09 Å². The van der Waals surface area contributed by atoms with E-state index in [1.54, 1.807) is 0 Å². The Morgan fingerprint density at radius 1 is 1.07 bits per heavy atom. The van der Waals surface area contributed by atoms with Crippen LogP contribution in [-0.2, 0) is 4.74 Å². The van der Waals surface area contributed by atoms with Crippen molar-refractivity contribution < 1.29 is 27.8 Å².